The Morgan fingerprint density at radius 1 is 1.19 bits per heavy atom. The molecule has 1 atom stereocenters. The summed E-state index contributed by atoms with van der Waals surface area (Å²) in [6, 6.07) is 17.2. The lowest BCUT2D eigenvalue weighted by molar-refractivity contribution is -0.124. The van der Waals surface area contributed by atoms with Crippen molar-refractivity contribution in [3.05, 3.63) is 77.5 Å². The fraction of sp³-hybridized carbons (Fsp3) is 0.320. The van der Waals surface area contributed by atoms with Crippen LogP contribution in [0.4, 0.5) is 0 Å². The molecule has 0 aliphatic heterocycles. The molecular weight excluding hydrogens is 390 g/mol. The smallest absolute Gasteiger partial charge is 0.267 e. The molecule has 0 spiro atoms. The van der Waals surface area contributed by atoms with Crippen molar-refractivity contribution >= 4 is 22.9 Å². The predicted octanol–water partition coefficient (Wildman–Crippen LogP) is 3.53. The average Bonchev–Trinajstić information content (AvgIpc) is 3.41. The third-order valence-corrected chi connectivity index (χ3v) is 6.10. The summed E-state index contributed by atoms with van der Waals surface area (Å²) in [4.78, 5) is 13.7. The molecule has 0 fully saturated rings. The van der Waals surface area contributed by atoms with Crippen LogP contribution in [0.25, 0.3) is 17.0 Å². The van der Waals surface area contributed by atoms with Crippen molar-refractivity contribution in [2.45, 2.75) is 31.8 Å². The Kier molecular flexibility index (Phi) is 6.82. The maximum Gasteiger partial charge on any atom is 0.267 e. The number of carbonyl (C=O) groups is 1. The highest BCUT2D eigenvalue weighted by Crippen LogP contribution is 2.36. The van der Waals surface area contributed by atoms with E-state index in [-0.39, 0.29) is 6.61 Å². The Morgan fingerprint density at radius 3 is 2.90 bits per heavy atom. The van der Waals surface area contributed by atoms with Gasteiger partial charge in [0.25, 0.3) is 5.91 Å². The first-order chi connectivity index (χ1) is 15.2. The van der Waals surface area contributed by atoms with Crippen molar-refractivity contribution in [1.82, 2.24) is 14.9 Å². The summed E-state index contributed by atoms with van der Waals surface area (Å²) in [5, 5.41) is 19.3. The molecule has 31 heavy (non-hydrogen) atoms. The number of hydrogen-bond acceptors (Lipinski definition) is 4. The molecule has 1 aliphatic rings. The van der Waals surface area contributed by atoms with Crippen LogP contribution in [0.15, 0.2) is 60.8 Å². The van der Waals surface area contributed by atoms with E-state index in [1.54, 1.807) is 11.6 Å². The van der Waals surface area contributed by atoms with Crippen molar-refractivity contribution in [3.63, 3.8) is 0 Å². The number of amides is 1. The maximum atomic E-state index is 11.2. The number of aromatic nitrogens is 1. The molecule has 6 nitrogen and oxygen atoms in total. The van der Waals surface area contributed by atoms with E-state index in [4.69, 9.17) is 5.21 Å². The molecule has 1 aliphatic carbocycles. The molecule has 162 valence electrons. The predicted molar refractivity (Wildman–Crippen MR) is 122 cm³/mol. The highest BCUT2D eigenvalue weighted by Gasteiger charge is 2.27. The number of aliphatic hydroxyl groups is 1. The van der Waals surface area contributed by atoms with Crippen molar-refractivity contribution in [3.8, 4) is 0 Å². The number of carbonyl (C=O) groups excluding carboxylic acids is 1. The monoisotopic (exact) mass is 419 g/mol. The number of nitrogens with one attached hydrogen (secondary N) is 1. The average molecular weight is 420 g/mol. The second-order valence-corrected chi connectivity index (χ2v) is 8.00. The van der Waals surface area contributed by atoms with E-state index in [9.17, 15) is 9.90 Å². The number of para-hydroxylation sites is 1. The van der Waals surface area contributed by atoms with Crippen LogP contribution in [-0.2, 0) is 17.8 Å². The first kappa shape index (κ1) is 21.3. The Balaban J connectivity index is 1.50. The lowest BCUT2D eigenvalue weighted by atomic mass is 10.0. The summed E-state index contributed by atoms with van der Waals surface area (Å²) < 4.78 is 2.30. The molecule has 2 aromatic carbocycles. The molecular formula is C25H29N3O3. The SMILES string of the molecule is O=C(/C=C/c1ccc2c(c1)CCC2N(CCCO)CCn1ccc2ccccc21)NO. The van der Waals surface area contributed by atoms with Gasteiger partial charge in [0.2, 0.25) is 0 Å². The fourth-order valence-corrected chi connectivity index (χ4v) is 4.58. The standard InChI is InChI=1S/C25H29N3O3/c29-17-3-13-27(15-16-28-14-12-20-4-1-2-5-23(20)28)24-10-8-21-18-19(6-9-22(21)24)7-11-25(30)26-31/h1-2,4-7,9,11-12,14,18,24,29,31H,3,8,10,13,15-17H2,(H,26,30)/b11-7+. The summed E-state index contributed by atoms with van der Waals surface area (Å²) in [5.74, 6) is -0.536. The third kappa shape index (κ3) is 4.88. The van der Waals surface area contributed by atoms with E-state index in [1.165, 1.54) is 28.1 Å². The van der Waals surface area contributed by atoms with Gasteiger partial charge in [-0.3, -0.25) is 14.9 Å². The van der Waals surface area contributed by atoms with E-state index >= 15 is 0 Å². The van der Waals surface area contributed by atoms with Gasteiger partial charge >= 0.3 is 0 Å². The van der Waals surface area contributed by atoms with Gasteiger partial charge in [-0.1, -0.05) is 36.4 Å². The molecule has 1 amide bonds. The quantitative estimate of drug-likeness (QED) is 0.282. The minimum absolute atomic E-state index is 0.194. The second-order valence-electron chi connectivity index (χ2n) is 8.00. The number of rotatable bonds is 9. The number of hydrogen-bond donors (Lipinski definition) is 3. The Labute approximate surface area is 182 Å². The molecule has 1 aromatic heterocycles. The largest absolute Gasteiger partial charge is 0.396 e. The summed E-state index contributed by atoms with van der Waals surface area (Å²) in [6.45, 7) is 2.88. The number of aliphatic hydroxyl groups excluding tert-OH is 1. The van der Waals surface area contributed by atoms with Gasteiger partial charge in [-0.15, -0.1) is 0 Å². The lowest BCUT2D eigenvalue weighted by Gasteiger charge is -2.30. The van der Waals surface area contributed by atoms with Crippen molar-refractivity contribution in [1.29, 1.82) is 0 Å². The maximum absolute atomic E-state index is 11.2. The molecule has 3 aromatic rings. The summed E-state index contributed by atoms with van der Waals surface area (Å²) in [7, 11) is 0. The first-order valence-corrected chi connectivity index (χ1v) is 10.8. The normalized spacial score (nSPS) is 15.8. The van der Waals surface area contributed by atoms with Gasteiger partial charge in [-0.25, -0.2) is 5.48 Å². The topological polar surface area (TPSA) is 77.7 Å². The van der Waals surface area contributed by atoms with Crippen LogP contribution in [-0.4, -0.2) is 45.4 Å². The van der Waals surface area contributed by atoms with E-state index in [1.807, 2.05) is 6.07 Å². The van der Waals surface area contributed by atoms with Gasteiger partial charge in [-0.05, 0) is 59.5 Å². The summed E-state index contributed by atoms with van der Waals surface area (Å²) in [6.07, 6.45) is 7.99. The van der Waals surface area contributed by atoms with Crippen LogP contribution in [0.5, 0.6) is 0 Å². The summed E-state index contributed by atoms with van der Waals surface area (Å²) in [5.41, 5.74) is 6.44. The molecule has 3 N–H and O–H groups in total. The van der Waals surface area contributed by atoms with Crippen LogP contribution >= 0.6 is 0 Å². The number of nitrogens with zero attached hydrogens (tertiary/aromatic N) is 2. The Hall–Kier alpha value is -2.93. The molecule has 6 heteroatoms. The van der Waals surface area contributed by atoms with Crippen LogP contribution < -0.4 is 5.48 Å². The molecule has 0 radical (unpaired) electrons. The molecule has 4 rings (SSSR count). The second kappa shape index (κ2) is 9.92. The Bertz CT molecular complexity index is 1070. The molecule has 0 bridgehead atoms. The van der Waals surface area contributed by atoms with Crippen LogP contribution in [0.3, 0.4) is 0 Å². The number of aryl methyl sites for hydroxylation is 1. The number of hydroxylamine groups is 1. The third-order valence-electron chi connectivity index (χ3n) is 6.10. The highest BCUT2D eigenvalue weighted by atomic mass is 16.5. The van der Waals surface area contributed by atoms with E-state index < -0.39 is 5.91 Å². The van der Waals surface area contributed by atoms with Crippen LogP contribution in [0.2, 0.25) is 0 Å². The van der Waals surface area contributed by atoms with Gasteiger partial charge in [-0.2, -0.15) is 0 Å². The number of fused-ring (bicyclic) bond motifs is 2. The van der Waals surface area contributed by atoms with Gasteiger partial charge in [0.1, 0.15) is 0 Å². The highest BCUT2D eigenvalue weighted by molar-refractivity contribution is 5.90. The Morgan fingerprint density at radius 2 is 2.06 bits per heavy atom. The molecule has 0 saturated heterocycles. The molecule has 0 saturated carbocycles. The van der Waals surface area contributed by atoms with Crippen LogP contribution in [0, 0.1) is 0 Å². The van der Waals surface area contributed by atoms with Crippen molar-refractivity contribution in [2.24, 2.45) is 0 Å². The fourth-order valence-electron chi connectivity index (χ4n) is 4.58. The van der Waals surface area contributed by atoms with Crippen molar-refractivity contribution in [2.75, 3.05) is 19.7 Å². The van der Waals surface area contributed by atoms with Gasteiger partial charge in [0.15, 0.2) is 0 Å². The van der Waals surface area contributed by atoms with E-state index in [0.717, 1.165) is 44.5 Å². The zero-order chi connectivity index (χ0) is 21.6. The van der Waals surface area contributed by atoms with E-state index in [0.29, 0.717) is 6.04 Å². The van der Waals surface area contributed by atoms with Gasteiger partial charge < -0.3 is 9.67 Å². The zero-order valence-corrected chi connectivity index (χ0v) is 17.6. The first-order valence-electron chi connectivity index (χ1n) is 10.8. The van der Waals surface area contributed by atoms with E-state index in [2.05, 4.69) is 58.1 Å². The summed E-state index contributed by atoms with van der Waals surface area (Å²) >= 11 is 0. The molecule has 1 heterocycles. The minimum Gasteiger partial charge on any atom is -0.396 e. The zero-order valence-electron chi connectivity index (χ0n) is 17.6. The van der Waals surface area contributed by atoms with Crippen LogP contribution in [0.1, 0.15) is 35.6 Å². The van der Waals surface area contributed by atoms with Crippen molar-refractivity contribution < 1.29 is 15.1 Å². The minimum atomic E-state index is -0.536. The van der Waals surface area contributed by atoms with Gasteiger partial charge in [0, 0.05) is 50.1 Å². The lowest BCUT2D eigenvalue weighted by Crippen LogP contribution is -2.32. The molecule has 1 unspecified atom stereocenters. The number of benzene rings is 2. The van der Waals surface area contributed by atoms with Gasteiger partial charge in [0.05, 0.1) is 0 Å².